The zero-order valence-electron chi connectivity index (χ0n) is 19.2. The van der Waals surface area contributed by atoms with Gasteiger partial charge in [0.2, 0.25) is 5.91 Å². The van der Waals surface area contributed by atoms with Gasteiger partial charge in [-0.2, -0.15) is 0 Å². The van der Waals surface area contributed by atoms with Crippen molar-refractivity contribution in [1.29, 1.82) is 0 Å². The Morgan fingerprint density at radius 3 is 2.64 bits per heavy atom. The van der Waals surface area contributed by atoms with E-state index in [4.69, 9.17) is 4.74 Å². The largest absolute Gasteiger partial charge is 0.447 e. The number of aromatic nitrogens is 1. The third-order valence-corrected chi connectivity index (χ3v) is 5.25. The lowest BCUT2D eigenvalue weighted by atomic mass is 10.1. The highest BCUT2D eigenvalue weighted by Crippen LogP contribution is 2.18. The van der Waals surface area contributed by atoms with Crippen LogP contribution in [0, 0.1) is 17.5 Å². The number of rotatable bonds is 10. The lowest BCUT2D eigenvalue weighted by Gasteiger charge is -2.32. The minimum Gasteiger partial charge on any atom is -0.447 e. The highest BCUT2D eigenvalue weighted by atomic mass is 19.2. The molecule has 1 heterocycles. The number of hydrogen-bond acceptors (Lipinski definition) is 7. The maximum Gasteiger partial charge on any atom is 0.412 e. The molecule has 0 aliphatic heterocycles. The number of ether oxygens (including phenoxy) is 1. The average Bonchev–Trinajstić information content (AvgIpc) is 2.84. The number of carbonyl (C=O) groups excluding carboxylic acids is 2. The van der Waals surface area contributed by atoms with Gasteiger partial charge in [-0.15, -0.1) is 0 Å². The minimum absolute atomic E-state index is 0.0554. The van der Waals surface area contributed by atoms with Gasteiger partial charge in [0.25, 0.3) is 0 Å². The fraction of sp³-hybridized carbons (Fsp3) is 0.292. The van der Waals surface area contributed by atoms with Crippen molar-refractivity contribution in [3.8, 4) is 0 Å². The molecule has 3 aromatic rings. The van der Waals surface area contributed by atoms with Crippen LogP contribution in [-0.4, -0.2) is 57.6 Å². The zero-order chi connectivity index (χ0) is 26.2. The predicted molar refractivity (Wildman–Crippen MR) is 124 cm³/mol. The standard InChI is InChI=1S/C24H25F3N4O5/c1-14(33)31(29-11-16-3-2-4-21(26)23(16)27)19(9-20(34)12-32)13-36-24(35)30-22-8-17-7-18(25)6-5-15(17)10-28-22/h2-8,10,19-20,29,32,34H,9,11-13H2,1H3,(H,28,30,35)/t19-,20+/m0/s1. The highest BCUT2D eigenvalue weighted by Gasteiger charge is 2.26. The van der Waals surface area contributed by atoms with Crippen molar-refractivity contribution in [1.82, 2.24) is 15.4 Å². The zero-order valence-corrected chi connectivity index (χ0v) is 19.2. The number of aliphatic hydroxyl groups is 2. The molecule has 12 heteroatoms. The summed E-state index contributed by atoms with van der Waals surface area (Å²) < 4.78 is 46.2. The van der Waals surface area contributed by atoms with Crippen LogP contribution in [-0.2, 0) is 16.1 Å². The fourth-order valence-electron chi connectivity index (χ4n) is 3.48. The van der Waals surface area contributed by atoms with Crippen LogP contribution in [0.2, 0.25) is 0 Å². The number of hydrogen-bond donors (Lipinski definition) is 4. The van der Waals surface area contributed by atoms with Gasteiger partial charge >= 0.3 is 6.09 Å². The number of nitrogens with zero attached hydrogens (tertiary/aromatic N) is 2. The SMILES string of the molecule is CC(=O)N(NCc1cccc(F)c1F)[C@H](COC(=O)Nc1cc2cc(F)ccc2cn1)C[C@@H](O)CO. The number of nitrogens with one attached hydrogen (secondary N) is 2. The number of amides is 2. The summed E-state index contributed by atoms with van der Waals surface area (Å²) in [5.74, 6) is -3.07. The molecule has 2 atom stereocenters. The van der Waals surface area contributed by atoms with E-state index in [9.17, 15) is 33.0 Å². The quantitative estimate of drug-likeness (QED) is 0.312. The van der Waals surface area contributed by atoms with Gasteiger partial charge in [-0.1, -0.05) is 12.1 Å². The fourth-order valence-corrected chi connectivity index (χ4v) is 3.48. The number of pyridine rings is 1. The van der Waals surface area contributed by atoms with E-state index in [0.29, 0.717) is 10.8 Å². The van der Waals surface area contributed by atoms with Crippen LogP contribution < -0.4 is 10.7 Å². The Morgan fingerprint density at radius 2 is 1.92 bits per heavy atom. The molecule has 0 unspecified atom stereocenters. The third-order valence-electron chi connectivity index (χ3n) is 5.25. The summed E-state index contributed by atoms with van der Waals surface area (Å²) >= 11 is 0. The molecule has 2 aromatic carbocycles. The molecule has 0 aliphatic rings. The molecule has 0 saturated heterocycles. The molecular weight excluding hydrogens is 481 g/mol. The van der Waals surface area contributed by atoms with Crippen LogP contribution in [0.1, 0.15) is 18.9 Å². The number of benzene rings is 2. The van der Waals surface area contributed by atoms with Crippen molar-refractivity contribution in [2.24, 2.45) is 0 Å². The van der Waals surface area contributed by atoms with Crippen molar-refractivity contribution in [2.75, 3.05) is 18.5 Å². The average molecular weight is 506 g/mol. The highest BCUT2D eigenvalue weighted by molar-refractivity contribution is 5.89. The Hall–Kier alpha value is -3.74. The van der Waals surface area contributed by atoms with Gasteiger partial charge in [-0.05, 0) is 35.7 Å². The molecular formula is C24H25F3N4O5. The van der Waals surface area contributed by atoms with Gasteiger partial charge in [0, 0.05) is 37.0 Å². The van der Waals surface area contributed by atoms with Gasteiger partial charge < -0.3 is 14.9 Å². The van der Waals surface area contributed by atoms with Crippen molar-refractivity contribution >= 4 is 28.6 Å². The molecule has 9 nitrogen and oxygen atoms in total. The van der Waals surface area contributed by atoms with E-state index in [1.54, 1.807) is 0 Å². The molecule has 0 aliphatic carbocycles. The third kappa shape index (κ3) is 7.13. The summed E-state index contributed by atoms with van der Waals surface area (Å²) in [5.41, 5.74) is 2.60. The molecule has 0 bridgehead atoms. The van der Waals surface area contributed by atoms with Crippen LogP contribution in [0.4, 0.5) is 23.8 Å². The number of halogens is 3. The van der Waals surface area contributed by atoms with E-state index in [1.807, 2.05) is 0 Å². The van der Waals surface area contributed by atoms with Crippen LogP contribution in [0.25, 0.3) is 10.8 Å². The van der Waals surface area contributed by atoms with Crippen molar-refractivity contribution in [3.05, 3.63) is 71.7 Å². The van der Waals surface area contributed by atoms with E-state index in [0.717, 1.165) is 11.1 Å². The van der Waals surface area contributed by atoms with Crippen molar-refractivity contribution in [3.63, 3.8) is 0 Å². The normalized spacial score (nSPS) is 12.7. The summed E-state index contributed by atoms with van der Waals surface area (Å²) in [4.78, 5) is 28.7. The second kappa shape index (κ2) is 12.3. The second-order valence-corrected chi connectivity index (χ2v) is 7.95. The molecule has 36 heavy (non-hydrogen) atoms. The van der Waals surface area contributed by atoms with E-state index in [2.05, 4.69) is 15.7 Å². The summed E-state index contributed by atoms with van der Waals surface area (Å²) in [6.45, 7) is -0.141. The first kappa shape index (κ1) is 26.9. The van der Waals surface area contributed by atoms with E-state index in [1.165, 1.54) is 49.5 Å². The second-order valence-electron chi connectivity index (χ2n) is 7.95. The minimum atomic E-state index is -1.26. The number of fused-ring (bicyclic) bond motifs is 1. The maximum atomic E-state index is 14.0. The molecule has 0 fully saturated rings. The van der Waals surface area contributed by atoms with Crippen molar-refractivity contribution in [2.45, 2.75) is 32.0 Å². The first-order valence-electron chi connectivity index (χ1n) is 10.9. The van der Waals surface area contributed by atoms with Crippen LogP contribution in [0.3, 0.4) is 0 Å². The van der Waals surface area contributed by atoms with E-state index < -0.39 is 54.8 Å². The predicted octanol–water partition coefficient (Wildman–Crippen LogP) is 2.87. The topological polar surface area (TPSA) is 124 Å². The first-order chi connectivity index (χ1) is 17.2. The van der Waals surface area contributed by atoms with Gasteiger partial charge in [-0.25, -0.2) is 28.4 Å². The molecule has 192 valence electrons. The Morgan fingerprint density at radius 1 is 1.14 bits per heavy atom. The molecule has 1 aromatic heterocycles. The summed E-state index contributed by atoms with van der Waals surface area (Å²) in [6.07, 6.45) is -0.956. The summed E-state index contributed by atoms with van der Waals surface area (Å²) in [5, 5.41) is 23.7. The Bertz CT molecular complexity index is 1230. The van der Waals surface area contributed by atoms with Gasteiger partial charge in [0.15, 0.2) is 11.6 Å². The Labute approximate surface area is 204 Å². The van der Waals surface area contributed by atoms with E-state index in [-0.39, 0.29) is 24.3 Å². The van der Waals surface area contributed by atoms with Crippen molar-refractivity contribution < 1.29 is 37.7 Å². The van der Waals surface area contributed by atoms with E-state index >= 15 is 0 Å². The Kier molecular flexibility index (Phi) is 9.17. The van der Waals surface area contributed by atoms with Crippen LogP contribution in [0.15, 0.2) is 48.7 Å². The molecule has 0 saturated carbocycles. The molecule has 2 amide bonds. The molecule has 0 radical (unpaired) electrons. The van der Waals surface area contributed by atoms with Gasteiger partial charge in [0.1, 0.15) is 18.2 Å². The molecule has 0 spiro atoms. The first-order valence-corrected chi connectivity index (χ1v) is 10.9. The number of anilines is 1. The number of carbonyl (C=O) groups is 2. The monoisotopic (exact) mass is 506 g/mol. The van der Waals surface area contributed by atoms with Crippen LogP contribution >= 0.6 is 0 Å². The van der Waals surface area contributed by atoms with Gasteiger partial charge in [-0.3, -0.25) is 15.1 Å². The maximum absolute atomic E-state index is 14.0. The molecule has 3 rings (SSSR count). The lowest BCUT2D eigenvalue weighted by molar-refractivity contribution is -0.137. The summed E-state index contributed by atoms with van der Waals surface area (Å²) in [7, 11) is 0. The number of hydrazine groups is 1. The smallest absolute Gasteiger partial charge is 0.412 e. The van der Waals surface area contributed by atoms with Crippen LogP contribution in [0.5, 0.6) is 0 Å². The van der Waals surface area contributed by atoms with Gasteiger partial charge in [0.05, 0.1) is 18.8 Å². The Balaban J connectivity index is 1.68. The molecule has 4 N–H and O–H groups in total. The lowest BCUT2D eigenvalue weighted by Crippen LogP contribution is -2.52. The number of aliphatic hydroxyl groups excluding tert-OH is 2. The summed E-state index contributed by atoms with van der Waals surface area (Å²) in [6, 6.07) is 8.15.